The summed E-state index contributed by atoms with van der Waals surface area (Å²) >= 11 is 3.46. The predicted molar refractivity (Wildman–Crippen MR) is 70.9 cm³/mol. The lowest BCUT2D eigenvalue weighted by atomic mass is 10.1. The van der Waals surface area contributed by atoms with Crippen molar-refractivity contribution in [2.24, 2.45) is 0 Å². The summed E-state index contributed by atoms with van der Waals surface area (Å²) in [5.41, 5.74) is 2.00. The van der Waals surface area contributed by atoms with Crippen LogP contribution in [0.1, 0.15) is 37.3 Å². The summed E-state index contributed by atoms with van der Waals surface area (Å²) in [6.45, 7) is 0. The Balaban J connectivity index is 1.85. The van der Waals surface area contributed by atoms with E-state index in [9.17, 15) is 4.79 Å². The average Bonchev–Trinajstić information content (AvgIpc) is 2.90. The normalized spacial score (nSPS) is 23.8. The highest BCUT2D eigenvalue weighted by Crippen LogP contribution is 2.34. The number of carbonyl (C=O) groups is 1. The Morgan fingerprint density at radius 2 is 2.06 bits per heavy atom. The van der Waals surface area contributed by atoms with Crippen LogP contribution in [-0.2, 0) is 4.79 Å². The van der Waals surface area contributed by atoms with Crippen molar-refractivity contribution in [2.75, 3.05) is 5.32 Å². The van der Waals surface area contributed by atoms with E-state index in [1.807, 2.05) is 18.2 Å². The van der Waals surface area contributed by atoms with Crippen molar-refractivity contribution in [1.29, 1.82) is 0 Å². The monoisotopic (exact) mass is 294 g/mol. The molecule has 1 aromatic rings. The Morgan fingerprint density at radius 3 is 2.82 bits per heavy atom. The molecule has 4 heteroatoms. The molecule has 3 nitrogen and oxygen atoms in total. The number of benzene rings is 1. The zero-order valence-corrected chi connectivity index (χ0v) is 11.1. The first-order valence-corrected chi connectivity index (χ1v) is 6.90. The molecule has 2 N–H and O–H groups in total. The molecule has 1 heterocycles. The number of fused-ring (bicyclic) bond motifs is 1. The maximum atomic E-state index is 11.9. The Bertz CT molecular complexity index is 455. The number of amides is 1. The molecule has 3 rings (SSSR count). The molecule has 0 spiro atoms. The van der Waals surface area contributed by atoms with Gasteiger partial charge in [-0.25, -0.2) is 0 Å². The minimum atomic E-state index is -0.175. The van der Waals surface area contributed by atoms with Crippen LogP contribution in [0.3, 0.4) is 0 Å². The number of rotatable bonds is 2. The van der Waals surface area contributed by atoms with E-state index in [2.05, 4.69) is 26.6 Å². The average molecular weight is 295 g/mol. The van der Waals surface area contributed by atoms with Crippen LogP contribution in [0, 0.1) is 0 Å². The number of hydrogen-bond acceptors (Lipinski definition) is 2. The number of halogens is 1. The van der Waals surface area contributed by atoms with Crippen LogP contribution in [-0.4, -0.2) is 11.9 Å². The van der Waals surface area contributed by atoms with Gasteiger partial charge >= 0.3 is 0 Å². The zero-order valence-electron chi connectivity index (χ0n) is 9.50. The highest BCUT2D eigenvalue weighted by atomic mass is 79.9. The van der Waals surface area contributed by atoms with Gasteiger partial charge in [0.2, 0.25) is 5.91 Å². The van der Waals surface area contributed by atoms with Crippen LogP contribution >= 0.6 is 15.9 Å². The number of carbonyl (C=O) groups excluding carboxylic acids is 1. The van der Waals surface area contributed by atoms with E-state index in [1.54, 1.807) is 0 Å². The summed E-state index contributed by atoms with van der Waals surface area (Å²) in [5, 5.41) is 6.40. The molecule has 1 aliphatic carbocycles. The summed E-state index contributed by atoms with van der Waals surface area (Å²) in [4.78, 5) is 11.9. The summed E-state index contributed by atoms with van der Waals surface area (Å²) in [5.74, 6) is 0.0741. The van der Waals surface area contributed by atoms with E-state index < -0.39 is 0 Å². The van der Waals surface area contributed by atoms with Gasteiger partial charge in [0.1, 0.15) is 6.04 Å². The van der Waals surface area contributed by atoms with Gasteiger partial charge in [0.15, 0.2) is 0 Å². The first-order chi connectivity index (χ1) is 8.24. The molecule has 1 unspecified atom stereocenters. The molecule has 1 amide bonds. The van der Waals surface area contributed by atoms with Crippen LogP contribution in [0.25, 0.3) is 0 Å². The summed E-state index contributed by atoms with van der Waals surface area (Å²) in [7, 11) is 0. The maximum Gasteiger partial charge on any atom is 0.246 e. The third kappa shape index (κ3) is 2.11. The van der Waals surface area contributed by atoms with E-state index in [0.29, 0.717) is 6.04 Å². The van der Waals surface area contributed by atoms with Gasteiger partial charge in [0, 0.05) is 21.8 Å². The fourth-order valence-corrected chi connectivity index (χ4v) is 3.10. The van der Waals surface area contributed by atoms with Gasteiger partial charge in [-0.3, -0.25) is 10.1 Å². The van der Waals surface area contributed by atoms with Crippen molar-refractivity contribution in [3.05, 3.63) is 28.2 Å². The molecule has 1 atom stereocenters. The van der Waals surface area contributed by atoms with Gasteiger partial charge in [-0.2, -0.15) is 0 Å². The molecule has 0 aromatic heterocycles. The van der Waals surface area contributed by atoms with E-state index in [4.69, 9.17) is 0 Å². The molecule has 1 aliphatic heterocycles. The molecule has 1 aromatic carbocycles. The summed E-state index contributed by atoms with van der Waals surface area (Å²) < 4.78 is 1.02. The smallest absolute Gasteiger partial charge is 0.246 e. The third-order valence-corrected chi connectivity index (χ3v) is 4.10. The summed E-state index contributed by atoms with van der Waals surface area (Å²) in [6, 6.07) is 6.26. The van der Waals surface area contributed by atoms with Crippen molar-refractivity contribution < 1.29 is 4.79 Å². The lowest BCUT2D eigenvalue weighted by Crippen LogP contribution is -2.34. The van der Waals surface area contributed by atoms with Crippen molar-refractivity contribution >= 4 is 27.5 Å². The quantitative estimate of drug-likeness (QED) is 0.880. The van der Waals surface area contributed by atoms with E-state index in [0.717, 1.165) is 15.7 Å². The van der Waals surface area contributed by atoms with Crippen LogP contribution < -0.4 is 10.6 Å². The molecule has 1 fully saturated rings. The highest BCUT2D eigenvalue weighted by Gasteiger charge is 2.32. The zero-order chi connectivity index (χ0) is 11.8. The second-order valence-electron chi connectivity index (χ2n) is 4.80. The highest BCUT2D eigenvalue weighted by molar-refractivity contribution is 9.10. The fraction of sp³-hybridized carbons (Fsp3) is 0.462. The molecular weight excluding hydrogens is 280 g/mol. The van der Waals surface area contributed by atoms with Gasteiger partial charge in [-0.1, -0.05) is 28.8 Å². The van der Waals surface area contributed by atoms with Crippen molar-refractivity contribution in [2.45, 2.75) is 37.8 Å². The van der Waals surface area contributed by atoms with Crippen LogP contribution in [0.15, 0.2) is 22.7 Å². The summed E-state index contributed by atoms with van der Waals surface area (Å²) in [6.07, 6.45) is 4.93. The number of nitrogens with one attached hydrogen (secondary N) is 2. The Labute approximate surface area is 109 Å². The van der Waals surface area contributed by atoms with Gasteiger partial charge in [0.25, 0.3) is 0 Å². The molecule has 2 aliphatic rings. The topological polar surface area (TPSA) is 41.1 Å². The lowest BCUT2D eigenvalue weighted by molar-refractivity contribution is -0.117. The minimum absolute atomic E-state index is 0.0741. The number of anilines is 1. The van der Waals surface area contributed by atoms with E-state index in [-0.39, 0.29) is 11.9 Å². The molecule has 1 saturated carbocycles. The Morgan fingerprint density at radius 1 is 1.29 bits per heavy atom. The molecule has 90 valence electrons. The van der Waals surface area contributed by atoms with Gasteiger partial charge in [-0.05, 0) is 31.0 Å². The van der Waals surface area contributed by atoms with Crippen molar-refractivity contribution in [3.63, 3.8) is 0 Å². The fourth-order valence-electron chi connectivity index (χ4n) is 2.73. The van der Waals surface area contributed by atoms with Crippen LogP contribution in [0.5, 0.6) is 0 Å². The van der Waals surface area contributed by atoms with E-state index in [1.165, 1.54) is 25.7 Å². The molecular formula is C13H15BrN2O. The van der Waals surface area contributed by atoms with Gasteiger partial charge < -0.3 is 5.32 Å². The standard InChI is InChI=1S/C13H15BrN2O/c14-8-5-6-11-10(7-8)12(13(17)16-11)15-9-3-1-2-4-9/h5-7,9,12,15H,1-4H2,(H,16,17). The van der Waals surface area contributed by atoms with Gasteiger partial charge in [-0.15, -0.1) is 0 Å². The Hall–Kier alpha value is -0.870. The van der Waals surface area contributed by atoms with Crippen LogP contribution in [0.2, 0.25) is 0 Å². The number of hydrogen-bond donors (Lipinski definition) is 2. The molecule has 0 bridgehead atoms. The second kappa shape index (κ2) is 4.42. The SMILES string of the molecule is O=C1Nc2ccc(Br)cc2C1NC1CCCC1. The van der Waals surface area contributed by atoms with E-state index >= 15 is 0 Å². The third-order valence-electron chi connectivity index (χ3n) is 3.60. The van der Waals surface area contributed by atoms with Crippen LogP contribution in [0.4, 0.5) is 5.69 Å². The molecule has 0 radical (unpaired) electrons. The maximum absolute atomic E-state index is 11.9. The van der Waals surface area contributed by atoms with Crippen molar-refractivity contribution in [1.82, 2.24) is 5.32 Å². The predicted octanol–water partition coefficient (Wildman–Crippen LogP) is 2.97. The minimum Gasteiger partial charge on any atom is -0.324 e. The lowest BCUT2D eigenvalue weighted by Gasteiger charge is -2.17. The second-order valence-corrected chi connectivity index (χ2v) is 5.72. The van der Waals surface area contributed by atoms with Gasteiger partial charge in [0.05, 0.1) is 0 Å². The first kappa shape index (κ1) is 11.2. The first-order valence-electron chi connectivity index (χ1n) is 6.10. The molecule has 17 heavy (non-hydrogen) atoms. The Kier molecular flexibility index (Phi) is 2.92. The largest absolute Gasteiger partial charge is 0.324 e. The molecule has 0 saturated heterocycles. The van der Waals surface area contributed by atoms with Crippen molar-refractivity contribution in [3.8, 4) is 0 Å².